The van der Waals surface area contributed by atoms with E-state index in [0.29, 0.717) is 32.1 Å². The number of hydrogen-bond acceptors (Lipinski definition) is 12. The summed E-state index contributed by atoms with van der Waals surface area (Å²) in [5.74, 6) is -0.444. The number of aliphatic hydroxyl groups excluding tert-OH is 3. The van der Waals surface area contributed by atoms with E-state index in [9.17, 15) is 38.9 Å². The molecule has 17 heteroatoms. The van der Waals surface area contributed by atoms with Gasteiger partial charge in [0.05, 0.1) is 32.0 Å². The standard InChI is InChI=1S/C44H76O15P2/c1-4-5-20-28-39(45)30-23-18-19-24-31-40(46)29-22-15-12-13-17-26-33-44(49)59-42(37-58-61(53,54)57-35-41(47)34-56-60(50,51)52)36-55-43(48)32-25-16-11-9-7-6-8-10-14-21-27-38(2)3/h5,13,15,17-20,22-24,30-31,38-42,45-47H,4,6-12,14,16,21,25-29,32-37H2,1-3H3,(H,53,54)(H2,50,51,52)/b17-13-,19-18-,20-5-,22-15-,30-23+,31-24+/t39-,40+,41-,42+/m0/s1. The number of ether oxygens (including phenoxy) is 2. The minimum atomic E-state index is -4.89. The molecule has 61 heavy (non-hydrogen) atoms. The zero-order valence-electron chi connectivity index (χ0n) is 36.6. The quantitative estimate of drug-likeness (QED) is 0.0111. The number of unbranched alkanes of at least 4 members (excludes halogenated alkanes) is 9. The molecule has 0 aliphatic heterocycles. The van der Waals surface area contributed by atoms with Crippen LogP contribution in [0.3, 0.4) is 0 Å². The average molecular weight is 907 g/mol. The summed E-state index contributed by atoms with van der Waals surface area (Å²) in [5, 5.41) is 29.7. The predicted octanol–water partition coefficient (Wildman–Crippen LogP) is 8.80. The number of rotatable bonds is 39. The number of carbonyl (C=O) groups excluding carboxylic acids is 2. The monoisotopic (exact) mass is 906 g/mol. The smallest absolute Gasteiger partial charge is 0.462 e. The fourth-order valence-corrected chi connectivity index (χ4v) is 6.54. The molecule has 1 unspecified atom stereocenters. The van der Waals surface area contributed by atoms with Crippen LogP contribution in [0.1, 0.15) is 136 Å². The van der Waals surface area contributed by atoms with E-state index in [0.717, 1.165) is 31.6 Å². The first-order valence-corrected chi connectivity index (χ1v) is 24.7. The van der Waals surface area contributed by atoms with Crippen LogP contribution in [-0.2, 0) is 41.8 Å². The van der Waals surface area contributed by atoms with Crippen molar-refractivity contribution in [2.24, 2.45) is 5.92 Å². The van der Waals surface area contributed by atoms with Crippen molar-refractivity contribution in [3.63, 3.8) is 0 Å². The molecule has 0 aromatic rings. The lowest BCUT2D eigenvalue weighted by Crippen LogP contribution is -2.29. The number of phosphoric acid groups is 2. The highest BCUT2D eigenvalue weighted by atomic mass is 31.2. The van der Waals surface area contributed by atoms with Crippen molar-refractivity contribution in [2.45, 2.75) is 161 Å². The van der Waals surface area contributed by atoms with Gasteiger partial charge < -0.3 is 39.5 Å². The van der Waals surface area contributed by atoms with Crippen LogP contribution in [0.2, 0.25) is 0 Å². The van der Waals surface area contributed by atoms with Gasteiger partial charge in [0.2, 0.25) is 0 Å². The molecule has 0 saturated carbocycles. The molecule has 0 bridgehead atoms. The van der Waals surface area contributed by atoms with E-state index in [1.807, 2.05) is 37.3 Å². The summed E-state index contributed by atoms with van der Waals surface area (Å²) in [6.45, 7) is 3.64. The lowest BCUT2D eigenvalue weighted by atomic mass is 10.0. The second-order valence-electron chi connectivity index (χ2n) is 15.1. The van der Waals surface area contributed by atoms with Gasteiger partial charge in [-0.3, -0.25) is 23.2 Å². The third-order valence-electron chi connectivity index (χ3n) is 8.71. The average Bonchev–Trinajstić information content (AvgIpc) is 3.19. The lowest BCUT2D eigenvalue weighted by molar-refractivity contribution is -0.161. The third kappa shape index (κ3) is 42.6. The first-order chi connectivity index (χ1) is 29.0. The number of esters is 2. The van der Waals surface area contributed by atoms with Crippen LogP contribution in [0.25, 0.3) is 0 Å². The van der Waals surface area contributed by atoms with Crippen LogP contribution in [0.15, 0.2) is 72.9 Å². The number of allylic oxidation sites excluding steroid dienone is 8. The van der Waals surface area contributed by atoms with Crippen molar-refractivity contribution < 1.29 is 71.8 Å². The molecule has 6 N–H and O–H groups in total. The normalized spacial score (nSPS) is 15.8. The van der Waals surface area contributed by atoms with Crippen molar-refractivity contribution >= 4 is 27.6 Å². The van der Waals surface area contributed by atoms with Gasteiger partial charge in [0, 0.05) is 12.8 Å². The molecule has 15 nitrogen and oxygen atoms in total. The summed E-state index contributed by atoms with van der Waals surface area (Å²) in [7, 11) is -9.74. The van der Waals surface area contributed by atoms with E-state index < -0.39 is 78.4 Å². The highest BCUT2D eigenvalue weighted by Crippen LogP contribution is 2.43. The molecule has 0 heterocycles. The maximum Gasteiger partial charge on any atom is 0.472 e. The molecular formula is C44H76O15P2. The first-order valence-electron chi connectivity index (χ1n) is 21.7. The Labute approximate surface area is 364 Å². The molecule has 0 aliphatic rings. The Balaban J connectivity index is 4.77. The molecule has 0 rings (SSSR count). The van der Waals surface area contributed by atoms with E-state index in [-0.39, 0.29) is 12.8 Å². The molecule has 5 atom stereocenters. The maximum absolute atomic E-state index is 12.6. The van der Waals surface area contributed by atoms with Gasteiger partial charge in [-0.1, -0.05) is 158 Å². The van der Waals surface area contributed by atoms with Crippen LogP contribution in [-0.4, -0.2) is 92.8 Å². The SMILES string of the molecule is CC/C=C\C[C@H](O)/C=C/C=C\C=C\[C@H](O)C/C=C\C/C=C\CCC(=O)O[C@H](COC(=O)CCCCCCCCCCCCC(C)C)COP(=O)(O)OC[C@@H](O)COP(=O)(O)O. The van der Waals surface area contributed by atoms with Gasteiger partial charge in [-0.05, 0) is 44.4 Å². The van der Waals surface area contributed by atoms with Crippen LogP contribution < -0.4 is 0 Å². The van der Waals surface area contributed by atoms with Gasteiger partial charge in [-0.25, -0.2) is 9.13 Å². The molecule has 0 fully saturated rings. The Morgan fingerprint density at radius 2 is 1.11 bits per heavy atom. The largest absolute Gasteiger partial charge is 0.472 e. The Bertz CT molecular complexity index is 1400. The van der Waals surface area contributed by atoms with Crippen LogP contribution in [0.5, 0.6) is 0 Å². The minimum absolute atomic E-state index is 0.0527. The number of carbonyl (C=O) groups is 2. The highest BCUT2D eigenvalue weighted by Gasteiger charge is 2.28. The summed E-state index contributed by atoms with van der Waals surface area (Å²) in [6, 6.07) is 0. The molecule has 0 radical (unpaired) electrons. The summed E-state index contributed by atoms with van der Waals surface area (Å²) >= 11 is 0. The predicted molar refractivity (Wildman–Crippen MR) is 237 cm³/mol. The molecule has 0 saturated heterocycles. The van der Waals surface area contributed by atoms with Crippen LogP contribution >= 0.6 is 15.6 Å². The molecule has 0 aliphatic carbocycles. The zero-order chi connectivity index (χ0) is 45.6. The second kappa shape index (κ2) is 38.0. The van der Waals surface area contributed by atoms with E-state index in [2.05, 4.69) is 22.9 Å². The third-order valence-corrected chi connectivity index (χ3v) is 10.1. The molecule has 0 spiro atoms. The summed E-state index contributed by atoms with van der Waals surface area (Å²) < 4.78 is 47.6. The van der Waals surface area contributed by atoms with Crippen LogP contribution in [0.4, 0.5) is 0 Å². The van der Waals surface area contributed by atoms with Crippen LogP contribution in [0, 0.1) is 5.92 Å². The Morgan fingerprint density at radius 1 is 0.590 bits per heavy atom. The summed E-state index contributed by atoms with van der Waals surface area (Å²) in [5.41, 5.74) is 0. The summed E-state index contributed by atoms with van der Waals surface area (Å²) in [4.78, 5) is 52.6. The number of hydrogen-bond donors (Lipinski definition) is 6. The highest BCUT2D eigenvalue weighted by molar-refractivity contribution is 7.47. The Morgan fingerprint density at radius 3 is 1.69 bits per heavy atom. The molecule has 352 valence electrons. The van der Waals surface area contributed by atoms with Gasteiger partial charge in [0.15, 0.2) is 6.10 Å². The van der Waals surface area contributed by atoms with E-state index in [1.54, 1.807) is 42.5 Å². The topological polar surface area (TPSA) is 236 Å². The van der Waals surface area contributed by atoms with E-state index >= 15 is 0 Å². The van der Waals surface area contributed by atoms with Gasteiger partial charge >= 0.3 is 27.6 Å². The van der Waals surface area contributed by atoms with Gasteiger partial charge in [-0.2, -0.15) is 0 Å². The lowest BCUT2D eigenvalue weighted by Gasteiger charge is -2.20. The maximum atomic E-state index is 12.6. The zero-order valence-corrected chi connectivity index (χ0v) is 38.4. The fraction of sp³-hybridized carbons (Fsp3) is 0.682. The summed E-state index contributed by atoms with van der Waals surface area (Å²) in [6.07, 6.45) is 32.7. The van der Waals surface area contributed by atoms with Crippen molar-refractivity contribution in [3.05, 3.63) is 72.9 Å². The molecule has 0 amide bonds. The Kier molecular flexibility index (Phi) is 36.4. The second-order valence-corrected chi connectivity index (χ2v) is 17.8. The minimum Gasteiger partial charge on any atom is -0.462 e. The fourth-order valence-electron chi connectivity index (χ4n) is 5.38. The number of aliphatic hydroxyl groups is 3. The number of phosphoric ester groups is 2. The van der Waals surface area contributed by atoms with Crippen molar-refractivity contribution in [1.82, 2.24) is 0 Å². The van der Waals surface area contributed by atoms with E-state index in [1.165, 1.54) is 44.9 Å². The molecule has 0 aromatic carbocycles. The van der Waals surface area contributed by atoms with E-state index in [4.69, 9.17) is 23.8 Å². The van der Waals surface area contributed by atoms with Gasteiger partial charge in [0.25, 0.3) is 0 Å². The van der Waals surface area contributed by atoms with Gasteiger partial charge in [0.1, 0.15) is 12.7 Å². The van der Waals surface area contributed by atoms with Gasteiger partial charge in [-0.15, -0.1) is 0 Å². The molecule has 0 aromatic heterocycles. The molecular weight excluding hydrogens is 830 g/mol. The van der Waals surface area contributed by atoms with Crippen molar-refractivity contribution in [1.29, 1.82) is 0 Å². The van der Waals surface area contributed by atoms with Crippen molar-refractivity contribution in [2.75, 3.05) is 26.4 Å². The Hall–Kier alpha value is -2.52. The van der Waals surface area contributed by atoms with Crippen molar-refractivity contribution in [3.8, 4) is 0 Å². The first kappa shape index (κ1) is 58.5.